The molecule has 1 N–H and O–H groups in total. The zero-order valence-electron chi connectivity index (χ0n) is 8.13. The van der Waals surface area contributed by atoms with Crippen LogP contribution in [0.5, 0.6) is 0 Å². The lowest BCUT2D eigenvalue weighted by atomic mass is 10.3. The van der Waals surface area contributed by atoms with Crippen LogP contribution in [-0.2, 0) is 6.42 Å². The van der Waals surface area contributed by atoms with Gasteiger partial charge in [0.25, 0.3) is 0 Å². The fourth-order valence-corrected chi connectivity index (χ4v) is 2.77. The smallest absolute Gasteiger partial charge is 0.0931 e. The summed E-state index contributed by atoms with van der Waals surface area (Å²) in [5.41, 5.74) is 0. The topological polar surface area (TPSA) is 15.3 Å². The van der Waals surface area contributed by atoms with Gasteiger partial charge < -0.3 is 10.2 Å². The van der Waals surface area contributed by atoms with Gasteiger partial charge in [-0.05, 0) is 18.6 Å². The van der Waals surface area contributed by atoms with Crippen LogP contribution in [0.3, 0.4) is 0 Å². The summed E-state index contributed by atoms with van der Waals surface area (Å²) in [5.74, 6) is 0. The summed E-state index contributed by atoms with van der Waals surface area (Å²) in [5, 5.41) is 3.36. The van der Waals surface area contributed by atoms with Crippen LogP contribution in [0.2, 0.25) is 4.34 Å². The molecule has 0 unspecified atom stereocenters. The van der Waals surface area contributed by atoms with Gasteiger partial charge in [0.1, 0.15) is 0 Å². The first kappa shape index (κ1) is 10.4. The average Bonchev–Trinajstić information content (AvgIpc) is 2.63. The second-order valence-corrected chi connectivity index (χ2v) is 5.35. The molecule has 1 aliphatic rings. The predicted octanol–water partition coefficient (Wildman–Crippen LogP) is 1.85. The van der Waals surface area contributed by atoms with Crippen LogP contribution in [0.1, 0.15) is 4.88 Å². The molecular weight excluding hydrogens is 216 g/mol. The molecule has 2 rings (SSSR count). The monoisotopic (exact) mass is 230 g/mol. The molecule has 1 saturated heterocycles. The quantitative estimate of drug-likeness (QED) is 0.853. The molecule has 0 spiro atoms. The Kier molecular flexibility index (Phi) is 3.81. The first-order chi connectivity index (χ1) is 6.84. The molecule has 1 aromatic rings. The van der Waals surface area contributed by atoms with E-state index >= 15 is 0 Å². The zero-order chi connectivity index (χ0) is 9.80. The minimum absolute atomic E-state index is 0.903. The molecule has 0 saturated carbocycles. The third-order valence-corrected chi connectivity index (χ3v) is 3.80. The Labute approximate surface area is 93.9 Å². The molecule has 1 aliphatic heterocycles. The van der Waals surface area contributed by atoms with Gasteiger partial charge in [0.2, 0.25) is 0 Å². The first-order valence-corrected chi connectivity index (χ1v) is 6.21. The molecule has 1 aromatic heterocycles. The highest BCUT2D eigenvalue weighted by molar-refractivity contribution is 7.16. The van der Waals surface area contributed by atoms with Crippen LogP contribution < -0.4 is 5.32 Å². The van der Waals surface area contributed by atoms with E-state index in [4.69, 9.17) is 11.6 Å². The van der Waals surface area contributed by atoms with Crippen molar-refractivity contribution in [3.63, 3.8) is 0 Å². The molecule has 0 atom stereocenters. The van der Waals surface area contributed by atoms with E-state index in [0.29, 0.717) is 0 Å². The Morgan fingerprint density at radius 2 is 2.14 bits per heavy atom. The van der Waals surface area contributed by atoms with Crippen molar-refractivity contribution in [3.05, 3.63) is 21.3 Å². The maximum atomic E-state index is 5.88. The molecule has 2 heterocycles. The van der Waals surface area contributed by atoms with E-state index in [2.05, 4.69) is 16.3 Å². The minimum atomic E-state index is 0.903. The number of halogens is 1. The van der Waals surface area contributed by atoms with Crippen LogP contribution in [0.4, 0.5) is 0 Å². The highest BCUT2D eigenvalue weighted by atomic mass is 35.5. The molecule has 0 aliphatic carbocycles. The van der Waals surface area contributed by atoms with Gasteiger partial charge in [-0.3, -0.25) is 0 Å². The lowest BCUT2D eigenvalue weighted by molar-refractivity contribution is 0.244. The second kappa shape index (κ2) is 5.12. The predicted molar refractivity (Wildman–Crippen MR) is 62.3 cm³/mol. The Bertz CT molecular complexity index is 281. The van der Waals surface area contributed by atoms with E-state index in [1.54, 1.807) is 11.3 Å². The summed E-state index contributed by atoms with van der Waals surface area (Å²) in [6.07, 6.45) is 1.14. The van der Waals surface area contributed by atoms with E-state index < -0.39 is 0 Å². The van der Waals surface area contributed by atoms with Gasteiger partial charge in [0, 0.05) is 37.6 Å². The van der Waals surface area contributed by atoms with Crippen molar-refractivity contribution in [1.82, 2.24) is 10.2 Å². The molecular formula is C10H15ClN2S. The first-order valence-electron chi connectivity index (χ1n) is 5.02. The van der Waals surface area contributed by atoms with Gasteiger partial charge in [-0.2, -0.15) is 0 Å². The molecule has 0 aromatic carbocycles. The normalized spacial score (nSPS) is 18.6. The number of piperazine rings is 1. The largest absolute Gasteiger partial charge is 0.314 e. The summed E-state index contributed by atoms with van der Waals surface area (Å²) in [7, 11) is 0. The fourth-order valence-electron chi connectivity index (χ4n) is 1.69. The van der Waals surface area contributed by atoms with Crippen LogP contribution in [-0.4, -0.2) is 37.6 Å². The minimum Gasteiger partial charge on any atom is -0.314 e. The van der Waals surface area contributed by atoms with Gasteiger partial charge in [-0.25, -0.2) is 0 Å². The van der Waals surface area contributed by atoms with Crippen molar-refractivity contribution in [2.75, 3.05) is 32.7 Å². The maximum Gasteiger partial charge on any atom is 0.0931 e. The van der Waals surface area contributed by atoms with E-state index in [0.717, 1.165) is 23.8 Å². The summed E-state index contributed by atoms with van der Waals surface area (Å²) in [6.45, 7) is 5.78. The van der Waals surface area contributed by atoms with E-state index in [1.807, 2.05) is 6.07 Å². The highest BCUT2D eigenvalue weighted by Crippen LogP contribution is 2.21. The lowest BCUT2D eigenvalue weighted by Crippen LogP contribution is -2.44. The maximum absolute atomic E-state index is 5.88. The standard InChI is InChI=1S/C10H15ClN2S/c11-10-2-1-9(14-10)3-6-13-7-4-12-5-8-13/h1-2,12H,3-8H2. The van der Waals surface area contributed by atoms with E-state index in [9.17, 15) is 0 Å². The van der Waals surface area contributed by atoms with Crippen molar-refractivity contribution in [3.8, 4) is 0 Å². The van der Waals surface area contributed by atoms with Crippen molar-refractivity contribution < 1.29 is 0 Å². The summed E-state index contributed by atoms with van der Waals surface area (Å²) in [6, 6.07) is 4.12. The van der Waals surface area contributed by atoms with Gasteiger partial charge in [-0.1, -0.05) is 11.6 Å². The lowest BCUT2D eigenvalue weighted by Gasteiger charge is -2.26. The third kappa shape index (κ3) is 2.95. The van der Waals surface area contributed by atoms with Crippen LogP contribution in [0.25, 0.3) is 0 Å². The number of thiophene rings is 1. The summed E-state index contributed by atoms with van der Waals surface area (Å²) >= 11 is 7.58. The van der Waals surface area contributed by atoms with Gasteiger partial charge in [-0.15, -0.1) is 11.3 Å². The van der Waals surface area contributed by atoms with Crippen molar-refractivity contribution >= 4 is 22.9 Å². The van der Waals surface area contributed by atoms with Crippen molar-refractivity contribution in [2.45, 2.75) is 6.42 Å². The Hall–Kier alpha value is -0.0900. The number of hydrogen-bond donors (Lipinski definition) is 1. The number of nitrogens with zero attached hydrogens (tertiary/aromatic N) is 1. The number of hydrogen-bond acceptors (Lipinski definition) is 3. The molecule has 0 radical (unpaired) electrons. The molecule has 0 bridgehead atoms. The highest BCUT2D eigenvalue weighted by Gasteiger charge is 2.09. The SMILES string of the molecule is Clc1ccc(CCN2CCNCC2)s1. The Morgan fingerprint density at radius 1 is 1.36 bits per heavy atom. The summed E-state index contributed by atoms with van der Waals surface area (Å²) in [4.78, 5) is 3.90. The van der Waals surface area contributed by atoms with Crippen LogP contribution in [0, 0.1) is 0 Å². The molecule has 4 heteroatoms. The third-order valence-electron chi connectivity index (χ3n) is 2.51. The van der Waals surface area contributed by atoms with Crippen LogP contribution in [0.15, 0.2) is 12.1 Å². The van der Waals surface area contributed by atoms with Crippen molar-refractivity contribution in [1.29, 1.82) is 0 Å². The molecule has 78 valence electrons. The van der Waals surface area contributed by atoms with Gasteiger partial charge >= 0.3 is 0 Å². The zero-order valence-corrected chi connectivity index (χ0v) is 9.70. The summed E-state index contributed by atoms with van der Waals surface area (Å²) < 4.78 is 0.903. The molecule has 2 nitrogen and oxygen atoms in total. The molecule has 14 heavy (non-hydrogen) atoms. The Morgan fingerprint density at radius 3 is 2.79 bits per heavy atom. The Balaban J connectivity index is 1.76. The van der Waals surface area contributed by atoms with Crippen molar-refractivity contribution in [2.24, 2.45) is 0 Å². The molecule has 1 fully saturated rings. The van der Waals surface area contributed by atoms with Crippen LogP contribution >= 0.6 is 22.9 Å². The second-order valence-electron chi connectivity index (χ2n) is 3.55. The van der Waals surface area contributed by atoms with Gasteiger partial charge in [0.15, 0.2) is 0 Å². The van der Waals surface area contributed by atoms with E-state index in [1.165, 1.54) is 24.5 Å². The number of nitrogens with one attached hydrogen (secondary N) is 1. The van der Waals surface area contributed by atoms with Gasteiger partial charge in [0.05, 0.1) is 4.34 Å². The number of rotatable bonds is 3. The average molecular weight is 231 g/mol. The fraction of sp³-hybridized carbons (Fsp3) is 0.600. The van der Waals surface area contributed by atoms with E-state index in [-0.39, 0.29) is 0 Å². The molecule has 0 amide bonds.